The van der Waals surface area contributed by atoms with Gasteiger partial charge in [-0.2, -0.15) is 5.10 Å². The van der Waals surface area contributed by atoms with E-state index in [1.807, 2.05) is 18.7 Å². The van der Waals surface area contributed by atoms with Gasteiger partial charge in [0, 0.05) is 19.0 Å². The standard InChI is InChI=1S/C14H26ClN3/c1-7-18-12(13(15)10(2)17-18)8-11(16-6)9-14(3,4)5/h11,16H,7-9H2,1-6H3. The van der Waals surface area contributed by atoms with E-state index >= 15 is 0 Å². The van der Waals surface area contributed by atoms with Crippen molar-refractivity contribution in [2.24, 2.45) is 5.41 Å². The Balaban J connectivity index is 2.88. The van der Waals surface area contributed by atoms with Crippen LogP contribution in [0.4, 0.5) is 0 Å². The Morgan fingerprint density at radius 2 is 2.00 bits per heavy atom. The molecule has 18 heavy (non-hydrogen) atoms. The molecule has 1 aromatic heterocycles. The monoisotopic (exact) mass is 271 g/mol. The lowest BCUT2D eigenvalue weighted by molar-refractivity contribution is 0.313. The van der Waals surface area contributed by atoms with Crippen molar-refractivity contribution < 1.29 is 0 Å². The highest BCUT2D eigenvalue weighted by Gasteiger charge is 2.21. The van der Waals surface area contributed by atoms with Crippen molar-refractivity contribution in [2.45, 2.75) is 60.0 Å². The summed E-state index contributed by atoms with van der Waals surface area (Å²) in [6.45, 7) is 11.7. The average molecular weight is 272 g/mol. The lowest BCUT2D eigenvalue weighted by atomic mass is 9.86. The van der Waals surface area contributed by atoms with Crippen molar-refractivity contribution in [2.75, 3.05) is 7.05 Å². The van der Waals surface area contributed by atoms with Gasteiger partial charge in [0.1, 0.15) is 0 Å². The highest BCUT2D eigenvalue weighted by atomic mass is 35.5. The van der Waals surface area contributed by atoms with Gasteiger partial charge in [0.05, 0.1) is 16.4 Å². The van der Waals surface area contributed by atoms with E-state index in [4.69, 9.17) is 11.6 Å². The Labute approximate surface area is 116 Å². The molecule has 0 spiro atoms. The van der Waals surface area contributed by atoms with Gasteiger partial charge in [-0.1, -0.05) is 32.4 Å². The number of hydrogen-bond acceptors (Lipinski definition) is 2. The van der Waals surface area contributed by atoms with Crippen LogP contribution in [0.15, 0.2) is 0 Å². The van der Waals surface area contributed by atoms with E-state index in [-0.39, 0.29) is 0 Å². The van der Waals surface area contributed by atoms with E-state index in [1.54, 1.807) is 0 Å². The summed E-state index contributed by atoms with van der Waals surface area (Å²) in [5.41, 5.74) is 2.39. The second-order valence-electron chi connectivity index (χ2n) is 6.12. The zero-order valence-electron chi connectivity index (χ0n) is 12.5. The fourth-order valence-electron chi connectivity index (χ4n) is 2.31. The number of halogens is 1. The lowest BCUT2D eigenvalue weighted by Gasteiger charge is -2.26. The van der Waals surface area contributed by atoms with E-state index in [9.17, 15) is 0 Å². The molecule has 1 atom stereocenters. The van der Waals surface area contributed by atoms with Crippen molar-refractivity contribution in [3.63, 3.8) is 0 Å². The third-order valence-electron chi connectivity index (χ3n) is 3.16. The van der Waals surface area contributed by atoms with Crippen molar-refractivity contribution >= 4 is 11.6 Å². The number of nitrogens with one attached hydrogen (secondary N) is 1. The zero-order chi connectivity index (χ0) is 13.9. The molecule has 1 rings (SSSR count). The first-order chi connectivity index (χ1) is 8.28. The van der Waals surface area contributed by atoms with Crippen LogP contribution in [0, 0.1) is 12.3 Å². The summed E-state index contributed by atoms with van der Waals surface area (Å²) < 4.78 is 2.02. The molecule has 3 nitrogen and oxygen atoms in total. The van der Waals surface area contributed by atoms with Crippen molar-refractivity contribution in [3.05, 3.63) is 16.4 Å². The van der Waals surface area contributed by atoms with E-state index < -0.39 is 0 Å². The summed E-state index contributed by atoms with van der Waals surface area (Å²) in [6, 6.07) is 0.434. The van der Waals surface area contributed by atoms with Crippen molar-refractivity contribution in [1.29, 1.82) is 0 Å². The molecule has 1 heterocycles. The smallest absolute Gasteiger partial charge is 0.0847 e. The minimum Gasteiger partial charge on any atom is -0.317 e. The Morgan fingerprint density at radius 3 is 2.44 bits per heavy atom. The Morgan fingerprint density at radius 1 is 1.39 bits per heavy atom. The molecule has 4 heteroatoms. The molecule has 0 aliphatic carbocycles. The fraction of sp³-hybridized carbons (Fsp3) is 0.786. The van der Waals surface area contributed by atoms with Crippen molar-refractivity contribution in [3.8, 4) is 0 Å². The van der Waals surface area contributed by atoms with Gasteiger partial charge in [0.25, 0.3) is 0 Å². The molecule has 1 aromatic rings. The normalized spacial score (nSPS) is 13.9. The first-order valence-electron chi connectivity index (χ1n) is 6.67. The number of hydrogen-bond donors (Lipinski definition) is 1. The maximum Gasteiger partial charge on any atom is 0.0847 e. The molecule has 0 bridgehead atoms. The molecular formula is C14H26ClN3. The quantitative estimate of drug-likeness (QED) is 0.889. The molecule has 0 fully saturated rings. The number of nitrogens with zero attached hydrogens (tertiary/aromatic N) is 2. The summed E-state index contributed by atoms with van der Waals surface area (Å²) in [7, 11) is 2.02. The highest BCUT2D eigenvalue weighted by Crippen LogP contribution is 2.26. The number of likely N-dealkylation sites (N-methyl/N-ethyl adjacent to an activating group) is 1. The van der Waals surface area contributed by atoms with E-state index in [2.05, 4.69) is 38.1 Å². The molecule has 0 radical (unpaired) electrons. The summed E-state index contributed by atoms with van der Waals surface area (Å²) in [4.78, 5) is 0. The maximum absolute atomic E-state index is 6.35. The third-order valence-corrected chi connectivity index (χ3v) is 3.65. The molecular weight excluding hydrogens is 246 g/mol. The molecule has 0 saturated heterocycles. The third kappa shape index (κ3) is 3.99. The van der Waals surface area contributed by atoms with Crippen LogP contribution in [-0.4, -0.2) is 22.9 Å². The zero-order valence-corrected chi connectivity index (χ0v) is 13.2. The SMILES string of the molecule is CCn1nc(C)c(Cl)c1CC(CC(C)(C)C)NC. The number of rotatable bonds is 5. The minimum absolute atomic E-state index is 0.312. The van der Waals surface area contributed by atoms with Gasteiger partial charge in [-0.3, -0.25) is 4.68 Å². The average Bonchev–Trinajstić information content (AvgIpc) is 2.53. The van der Waals surface area contributed by atoms with Crippen LogP contribution in [0.2, 0.25) is 5.02 Å². The van der Waals surface area contributed by atoms with Gasteiger partial charge in [-0.05, 0) is 32.7 Å². The van der Waals surface area contributed by atoms with E-state index in [1.165, 1.54) is 0 Å². The van der Waals surface area contributed by atoms with Gasteiger partial charge < -0.3 is 5.32 Å². The van der Waals surface area contributed by atoms with Gasteiger partial charge >= 0.3 is 0 Å². The second kappa shape index (κ2) is 6.07. The topological polar surface area (TPSA) is 29.9 Å². The Kier molecular flexibility index (Phi) is 5.23. The fourth-order valence-corrected chi connectivity index (χ4v) is 2.53. The number of aromatic nitrogens is 2. The Hall–Kier alpha value is -0.540. The molecule has 104 valence electrons. The summed E-state index contributed by atoms with van der Waals surface area (Å²) in [5, 5.41) is 8.69. The maximum atomic E-state index is 6.35. The van der Waals surface area contributed by atoms with Crippen molar-refractivity contribution in [1.82, 2.24) is 15.1 Å². The second-order valence-corrected chi connectivity index (χ2v) is 6.49. The van der Waals surface area contributed by atoms with Crippen LogP contribution < -0.4 is 5.32 Å². The van der Waals surface area contributed by atoms with Crippen LogP contribution >= 0.6 is 11.6 Å². The molecule has 0 aromatic carbocycles. The molecule has 1 N–H and O–H groups in total. The predicted molar refractivity (Wildman–Crippen MR) is 78.3 cm³/mol. The first-order valence-corrected chi connectivity index (χ1v) is 7.05. The highest BCUT2D eigenvalue weighted by molar-refractivity contribution is 6.31. The summed E-state index contributed by atoms with van der Waals surface area (Å²) in [5.74, 6) is 0. The van der Waals surface area contributed by atoms with Crippen LogP contribution in [-0.2, 0) is 13.0 Å². The van der Waals surface area contributed by atoms with Crippen LogP contribution in [0.5, 0.6) is 0 Å². The van der Waals surface area contributed by atoms with Gasteiger partial charge in [-0.25, -0.2) is 0 Å². The van der Waals surface area contributed by atoms with Crippen LogP contribution in [0.3, 0.4) is 0 Å². The predicted octanol–water partition coefficient (Wildman–Crippen LogP) is 3.43. The molecule has 0 saturated carbocycles. The van der Waals surface area contributed by atoms with E-state index in [0.717, 1.165) is 35.8 Å². The minimum atomic E-state index is 0.312. The lowest BCUT2D eigenvalue weighted by Crippen LogP contribution is -2.32. The summed E-state index contributed by atoms with van der Waals surface area (Å²) in [6.07, 6.45) is 2.05. The molecule has 1 unspecified atom stereocenters. The number of aryl methyl sites for hydroxylation is 2. The largest absolute Gasteiger partial charge is 0.317 e. The molecule has 0 amide bonds. The van der Waals surface area contributed by atoms with Gasteiger partial charge in [0.15, 0.2) is 0 Å². The molecule has 0 aliphatic heterocycles. The van der Waals surface area contributed by atoms with Crippen LogP contribution in [0.25, 0.3) is 0 Å². The van der Waals surface area contributed by atoms with E-state index in [0.29, 0.717) is 11.5 Å². The van der Waals surface area contributed by atoms with Gasteiger partial charge in [-0.15, -0.1) is 0 Å². The summed E-state index contributed by atoms with van der Waals surface area (Å²) >= 11 is 6.35. The first kappa shape index (κ1) is 15.5. The molecule has 0 aliphatic rings. The Bertz CT molecular complexity index is 390. The van der Waals surface area contributed by atoms with Crippen LogP contribution in [0.1, 0.15) is 45.5 Å². The van der Waals surface area contributed by atoms with Gasteiger partial charge in [0.2, 0.25) is 0 Å².